The van der Waals surface area contributed by atoms with Crippen LogP contribution < -0.4 is 0 Å². The largest absolute Gasteiger partial charge is 0.385 e. The molecular weight excluding hydrogens is 240 g/mol. The first-order valence-electron chi connectivity index (χ1n) is 6.62. The highest BCUT2D eigenvalue weighted by Crippen LogP contribution is 2.22. The second-order valence-corrected chi connectivity index (χ2v) is 4.78. The summed E-state index contributed by atoms with van der Waals surface area (Å²) in [6.07, 6.45) is 1.44. The van der Waals surface area contributed by atoms with Gasteiger partial charge in [0.25, 0.3) is 0 Å². The third-order valence-corrected chi connectivity index (χ3v) is 3.14. The molecule has 0 aliphatic carbocycles. The van der Waals surface area contributed by atoms with Crippen LogP contribution in [0, 0.1) is 0 Å². The smallest absolute Gasteiger partial charge is 0.109 e. The molecule has 0 heterocycles. The van der Waals surface area contributed by atoms with Crippen molar-refractivity contribution in [3.05, 3.63) is 48.6 Å². The normalized spacial score (nSPS) is 17.5. The standard InChI is InChI=1S/C16H24O3/c1-5-15(19-13(3)11-12(2)18-4)16(17)14-9-7-6-8-10-14/h5-10,12-13,15-17H,1,11H2,2-4H3/t12-,13-,15-,16+/m1/s1. The fourth-order valence-electron chi connectivity index (χ4n) is 1.99. The Hall–Kier alpha value is -1.16. The number of aliphatic hydroxyl groups excluding tert-OH is 1. The molecule has 19 heavy (non-hydrogen) atoms. The van der Waals surface area contributed by atoms with Gasteiger partial charge in [-0.05, 0) is 25.8 Å². The maximum Gasteiger partial charge on any atom is 0.109 e. The maximum atomic E-state index is 10.3. The van der Waals surface area contributed by atoms with E-state index in [2.05, 4.69) is 6.58 Å². The summed E-state index contributed by atoms with van der Waals surface area (Å²) in [5.41, 5.74) is 0.833. The summed E-state index contributed by atoms with van der Waals surface area (Å²) >= 11 is 0. The predicted molar refractivity (Wildman–Crippen MR) is 77.0 cm³/mol. The zero-order valence-corrected chi connectivity index (χ0v) is 12.0. The molecule has 0 aromatic heterocycles. The zero-order chi connectivity index (χ0) is 14.3. The predicted octanol–water partition coefficient (Wildman–Crippen LogP) is 3.10. The first-order valence-corrected chi connectivity index (χ1v) is 6.62. The van der Waals surface area contributed by atoms with Gasteiger partial charge >= 0.3 is 0 Å². The van der Waals surface area contributed by atoms with E-state index >= 15 is 0 Å². The molecule has 1 N–H and O–H groups in total. The molecule has 0 radical (unpaired) electrons. The molecule has 0 unspecified atom stereocenters. The minimum Gasteiger partial charge on any atom is -0.385 e. The highest BCUT2D eigenvalue weighted by Gasteiger charge is 2.21. The second kappa shape index (κ2) is 8.10. The minimum atomic E-state index is -0.695. The number of hydrogen-bond acceptors (Lipinski definition) is 3. The molecule has 0 bridgehead atoms. The number of ether oxygens (including phenoxy) is 2. The van der Waals surface area contributed by atoms with Crippen LogP contribution in [0.25, 0.3) is 0 Å². The molecule has 0 aliphatic heterocycles. The number of aliphatic hydroxyl groups is 1. The fraction of sp³-hybridized carbons (Fsp3) is 0.500. The molecule has 0 saturated heterocycles. The molecule has 3 heteroatoms. The Bertz CT molecular complexity index is 364. The van der Waals surface area contributed by atoms with Crippen LogP contribution in [-0.4, -0.2) is 30.5 Å². The summed E-state index contributed by atoms with van der Waals surface area (Å²) < 4.78 is 11.1. The molecule has 0 amide bonds. The van der Waals surface area contributed by atoms with Crippen LogP contribution in [0.1, 0.15) is 31.9 Å². The third-order valence-electron chi connectivity index (χ3n) is 3.14. The van der Waals surface area contributed by atoms with Gasteiger partial charge in [-0.25, -0.2) is 0 Å². The van der Waals surface area contributed by atoms with Crippen LogP contribution in [0.3, 0.4) is 0 Å². The van der Waals surface area contributed by atoms with Gasteiger partial charge in [0, 0.05) is 7.11 Å². The van der Waals surface area contributed by atoms with Gasteiger partial charge < -0.3 is 14.6 Å². The Morgan fingerprint density at radius 2 is 1.84 bits per heavy atom. The van der Waals surface area contributed by atoms with Crippen molar-refractivity contribution in [2.45, 2.75) is 44.7 Å². The van der Waals surface area contributed by atoms with E-state index in [0.717, 1.165) is 12.0 Å². The van der Waals surface area contributed by atoms with E-state index in [-0.39, 0.29) is 12.2 Å². The molecule has 0 aliphatic rings. The third kappa shape index (κ3) is 5.15. The second-order valence-electron chi connectivity index (χ2n) is 4.78. The van der Waals surface area contributed by atoms with Crippen LogP contribution in [0.2, 0.25) is 0 Å². The van der Waals surface area contributed by atoms with Crippen molar-refractivity contribution in [3.63, 3.8) is 0 Å². The van der Waals surface area contributed by atoms with E-state index in [0.29, 0.717) is 0 Å². The SMILES string of the molecule is C=C[C@@H](O[C@H](C)C[C@@H](C)OC)[C@@H](O)c1ccccc1. The number of methoxy groups -OCH3 is 1. The molecule has 1 aromatic carbocycles. The van der Waals surface area contributed by atoms with Gasteiger partial charge in [0.05, 0.1) is 12.2 Å². The zero-order valence-electron chi connectivity index (χ0n) is 12.0. The summed E-state index contributed by atoms with van der Waals surface area (Å²) in [4.78, 5) is 0. The molecule has 106 valence electrons. The van der Waals surface area contributed by atoms with Gasteiger partial charge in [-0.2, -0.15) is 0 Å². The van der Waals surface area contributed by atoms with E-state index in [1.807, 2.05) is 44.2 Å². The van der Waals surface area contributed by atoms with Crippen molar-refractivity contribution in [1.29, 1.82) is 0 Å². The molecule has 4 atom stereocenters. The van der Waals surface area contributed by atoms with E-state index < -0.39 is 12.2 Å². The molecule has 0 spiro atoms. The summed E-state index contributed by atoms with van der Waals surface area (Å²) in [7, 11) is 1.68. The minimum absolute atomic E-state index is 0.00341. The topological polar surface area (TPSA) is 38.7 Å². The Morgan fingerprint density at radius 3 is 2.37 bits per heavy atom. The molecule has 0 fully saturated rings. The lowest BCUT2D eigenvalue weighted by Gasteiger charge is -2.25. The summed E-state index contributed by atoms with van der Waals surface area (Å²) in [6, 6.07) is 9.48. The fourth-order valence-corrected chi connectivity index (χ4v) is 1.99. The van der Waals surface area contributed by atoms with E-state index in [9.17, 15) is 5.11 Å². The summed E-state index contributed by atoms with van der Waals surface area (Å²) in [6.45, 7) is 7.72. The highest BCUT2D eigenvalue weighted by atomic mass is 16.5. The van der Waals surface area contributed by atoms with Crippen LogP contribution in [0.4, 0.5) is 0 Å². The quantitative estimate of drug-likeness (QED) is 0.733. The van der Waals surface area contributed by atoms with Gasteiger partial charge in [-0.3, -0.25) is 0 Å². The Morgan fingerprint density at radius 1 is 1.21 bits per heavy atom. The summed E-state index contributed by atoms with van der Waals surface area (Å²) in [5.74, 6) is 0. The van der Waals surface area contributed by atoms with Gasteiger partial charge in [0.2, 0.25) is 0 Å². The van der Waals surface area contributed by atoms with Gasteiger partial charge in [0.15, 0.2) is 0 Å². The molecule has 1 rings (SSSR count). The van der Waals surface area contributed by atoms with Crippen LogP contribution in [0.15, 0.2) is 43.0 Å². The average molecular weight is 264 g/mol. The van der Waals surface area contributed by atoms with E-state index in [4.69, 9.17) is 9.47 Å². The Labute approximate surface area is 115 Å². The lowest BCUT2D eigenvalue weighted by molar-refractivity contribution is -0.0630. The lowest BCUT2D eigenvalue weighted by Crippen LogP contribution is -2.27. The molecule has 3 nitrogen and oxygen atoms in total. The van der Waals surface area contributed by atoms with Crippen molar-refractivity contribution >= 4 is 0 Å². The first kappa shape index (κ1) is 15.9. The van der Waals surface area contributed by atoms with Crippen molar-refractivity contribution in [2.24, 2.45) is 0 Å². The first-order chi connectivity index (χ1) is 9.08. The number of rotatable bonds is 8. The van der Waals surface area contributed by atoms with E-state index in [1.54, 1.807) is 13.2 Å². The van der Waals surface area contributed by atoms with Gasteiger partial charge in [-0.1, -0.05) is 36.4 Å². The van der Waals surface area contributed by atoms with E-state index in [1.165, 1.54) is 0 Å². The van der Waals surface area contributed by atoms with Crippen LogP contribution >= 0.6 is 0 Å². The van der Waals surface area contributed by atoms with Crippen molar-refractivity contribution in [1.82, 2.24) is 0 Å². The van der Waals surface area contributed by atoms with Crippen molar-refractivity contribution in [3.8, 4) is 0 Å². The van der Waals surface area contributed by atoms with Crippen LogP contribution in [-0.2, 0) is 9.47 Å². The maximum absolute atomic E-state index is 10.3. The van der Waals surface area contributed by atoms with Gasteiger partial charge in [-0.15, -0.1) is 6.58 Å². The van der Waals surface area contributed by atoms with Crippen molar-refractivity contribution < 1.29 is 14.6 Å². The van der Waals surface area contributed by atoms with Crippen molar-refractivity contribution in [2.75, 3.05) is 7.11 Å². The molecular formula is C16H24O3. The van der Waals surface area contributed by atoms with Crippen LogP contribution in [0.5, 0.6) is 0 Å². The Kier molecular flexibility index (Phi) is 6.78. The average Bonchev–Trinajstić information content (AvgIpc) is 2.44. The molecule has 0 saturated carbocycles. The molecule has 1 aromatic rings. The number of hydrogen-bond donors (Lipinski definition) is 1. The Balaban J connectivity index is 2.60. The monoisotopic (exact) mass is 264 g/mol. The highest BCUT2D eigenvalue weighted by molar-refractivity contribution is 5.19. The summed E-state index contributed by atoms with van der Waals surface area (Å²) in [5, 5.41) is 10.3. The number of benzene rings is 1. The lowest BCUT2D eigenvalue weighted by atomic mass is 10.0. The van der Waals surface area contributed by atoms with Gasteiger partial charge in [0.1, 0.15) is 12.2 Å².